The van der Waals surface area contributed by atoms with Crippen LogP contribution in [0.2, 0.25) is 0 Å². The standard InChI is InChI=1S/C6H9NS/c1-8-5-6-3-2-4-7-6/h2-4,7H,5H2,1H3. The van der Waals surface area contributed by atoms with Gasteiger partial charge in [0.25, 0.3) is 0 Å². The third kappa shape index (κ3) is 1.30. The Morgan fingerprint density at radius 2 is 2.62 bits per heavy atom. The molecule has 0 aromatic carbocycles. The Hall–Kier alpha value is -0.370. The van der Waals surface area contributed by atoms with Gasteiger partial charge < -0.3 is 4.98 Å². The van der Waals surface area contributed by atoms with Crippen LogP contribution in [-0.2, 0) is 5.75 Å². The molecule has 0 saturated heterocycles. The molecule has 1 nitrogen and oxygen atoms in total. The first-order chi connectivity index (χ1) is 3.93. The van der Waals surface area contributed by atoms with Crippen LogP contribution < -0.4 is 0 Å². The van der Waals surface area contributed by atoms with Crippen LogP contribution in [0.5, 0.6) is 0 Å². The largest absolute Gasteiger partial charge is 0.364 e. The number of aromatic amines is 1. The van der Waals surface area contributed by atoms with Crippen molar-refractivity contribution in [3.05, 3.63) is 24.0 Å². The fourth-order valence-corrected chi connectivity index (χ4v) is 1.10. The van der Waals surface area contributed by atoms with Crippen LogP contribution in [-0.4, -0.2) is 11.2 Å². The monoisotopic (exact) mass is 127 g/mol. The van der Waals surface area contributed by atoms with Gasteiger partial charge in [0.1, 0.15) is 0 Å². The number of H-pyrrole nitrogens is 1. The molecule has 0 bridgehead atoms. The molecule has 1 heterocycles. The van der Waals surface area contributed by atoms with E-state index in [1.165, 1.54) is 5.69 Å². The molecular formula is C6H9NS. The van der Waals surface area contributed by atoms with Crippen molar-refractivity contribution in [2.45, 2.75) is 5.75 Å². The average Bonchev–Trinajstić information content (AvgIpc) is 2.19. The zero-order chi connectivity index (χ0) is 5.82. The Bertz CT molecular complexity index is 134. The van der Waals surface area contributed by atoms with E-state index in [9.17, 15) is 0 Å². The van der Waals surface area contributed by atoms with Crippen molar-refractivity contribution in [3.8, 4) is 0 Å². The average molecular weight is 127 g/mol. The number of aromatic nitrogens is 1. The fourth-order valence-electron chi connectivity index (χ4n) is 0.613. The molecule has 0 aliphatic heterocycles. The molecule has 0 atom stereocenters. The lowest BCUT2D eigenvalue weighted by Gasteiger charge is -1.87. The van der Waals surface area contributed by atoms with Crippen LogP contribution in [0.25, 0.3) is 0 Å². The van der Waals surface area contributed by atoms with E-state index in [1.54, 1.807) is 0 Å². The summed E-state index contributed by atoms with van der Waals surface area (Å²) in [4.78, 5) is 3.12. The van der Waals surface area contributed by atoms with Gasteiger partial charge in [-0.2, -0.15) is 11.8 Å². The smallest absolute Gasteiger partial charge is 0.0333 e. The molecule has 1 N–H and O–H groups in total. The minimum absolute atomic E-state index is 1.09. The Morgan fingerprint density at radius 3 is 3.12 bits per heavy atom. The van der Waals surface area contributed by atoms with E-state index in [0.717, 1.165) is 5.75 Å². The van der Waals surface area contributed by atoms with E-state index in [-0.39, 0.29) is 0 Å². The second-order valence-corrected chi connectivity index (χ2v) is 2.49. The lowest BCUT2D eigenvalue weighted by Crippen LogP contribution is -1.74. The summed E-state index contributed by atoms with van der Waals surface area (Å²) in [6, 6.07) is 4.11. The zero-order valence-corrected chi connectivity index (χ0v) is 5.66. The summed E-state index contributed by atoms with van der Waals surface area (Å²) in [5.41, 5.74) is 1.30. The molecule has 0 amide bonds. The highest BCUT2D eigenvalue weighted by molar-refractivity contribution is 7.97. The van der Waals surface area contributed by atoms with Gasteiger partial charge in [0.15, 0.2) is 0 Å². The third-order valence-corrected chi connectivity index (χ3v) is 1.56. The van der Waals surface area contributed by atoms with Crippen molar-refractivity contribution in [3.63, 3.8) is 0 Å². The van der Waals surface area contributed by atoms with Crippen LogP contribution in [0.15, 0.2) is 18.3 Å². The summed E-state index contributed by atoms with van der Waals surface area (Å²) < 4.78 is 0. The van der Waals surface area contributed by atoms with Gasteiger partial charge in [-0.05, 0) is 18.4 Å². The molecule has 44 valence electrons. The molecular weight excluding hydrogens is 118 g/mol. The van der Waals surface area contributed by atoms with E-state index in [2.05, 4.69) is 17.3 Å². The topological polar surface area (TPSA) is 15.8 Å². The highest BCUT2D eigenvalue weighted by atomic mass is 32.2. The Labute approximate surface area is 53.5 Å². The van der Waals surface area contributed by atoms with E-state index in [0.29, 0.717) is 0 Å². The number of thioether (sulfide) groups is 1. The highest BCUT2D eigenvalue weighted by Gasteiger charge is 1.85. The van der Waals surface area contributed by atoms with Crippen LogP contribution in [0.4, 0.5) is 0 Å². The third-order valence-electron chi connectivity index (χ3n) is 0.962. The maximum atomic E-state index is 3.12. The first-order valence-electron chi connectivity index (χ1n) is 2.54. The molecule has 1 aromatic rings. The predicted octanol–water partition coefficient (Wildman–Crippen LogP) is 1.88. The molecule has 0 fully saturated rings. The van der Waals surface area contributed by atoms with Crippen molar-refractivity contribution in [1.29, 1.82) is 0 Å². The number of rotatable bonds is 2. The van der Waals surface area contributed by atoms with E-state index in [4.69, 9.17) is 0 Å². The normalized spacial score (nSPS) is 9.62. The van der Waals surface area contributed by atoms with Crippen molar-refractivity contribution in [1.82, 2.24) is 4.98 Å². The molecule has 0 spiro atoms. The highest BCUT2D eigenvalue weighted by Crippen LogP contribution is 2.04. The van der Waals surface area contributed by atoms with Gasteiger partial charge in [-0.25, -0.2) is 0 Å². The maximum absolute atomic E-state index is 3.12. The van der Waals surface area contributed by atoms with Gasteiger partial charge in [-0.1, -0.05) is 0 Å². The van der Waals surface area contributed by atoms with Crippen molar-refractivity contribution in [2.24, 2.45) is 0 Å². The summed E-state index contributed by atoms with van der Waals surface area (Å²) in [5, 5.41) is 0. The lowest BCUT2D eigenvalue weighted by molar-refractivity contribution is 1.24. The van der Waals surface area contributed by atoms with E-state index < -0.39 is 0 Å². The molecule has 8 heavy (non-hydrogen) atoms. The van der Waals surface area contributed by atoms with Gasteiger partial charge in [0.2, 0.25) is 0 Å². The minimum atomic E-state index is 1.09. The Balaban J connectivity index is 2.50. The van der Waals surface area contributed by atoms with Gasteiger partial charge in [0, 0.05) is 17.6 Å². The summed E-state index contributed by atoms with van der Waals surface area (Å²) in [5.74, 6) is 1.09. The van der Waals surface area contributed by atoms with Crippen molar-refractivity contribution in [2.75, 3.05) is 6.26 Å². The Morgan fingerprint density at radius 1 is 1.75 bits per heavy atom. The molecule has 0 radical (unpaired) electrons. The number of hydrogen-bond acceptors (Lipinski definition) is 1. The quantitative estimate of drug-likeness (QED) is 0.641. The summed E-state index contributed by atoms with van der Waals surface area (Å²) in [6.45, 7) is 0. The van der Waals surface area contributed by atoms with Crippen LogP contribution in [0.1, 0.15) is 5.69 Å². The molecule has 0 unspecified atom stereocenters. The number of nitrogens with one attached hydrogen (secondary N) is 1. The van der Waals surface area contributed by atoms with E-state index in [1.807, 2.05) is 24.0 Å². The summed E-state index contributed by atoms with van der Waals surface area (Å²) >= 11 is 1.83. The van der Waals surface area contributed by atoms with Crippen molar-refractivity contribution < 1.29 is 0 Å². The minimum Gasteiger partial charge on any atom is -0.364 e. The fraction of sp³-hybridized carbons (Fsp3) is 0.333. The first-order valence-corrected chi connectivity index (χ1v) is 3.94. The van der Waals surface area contributed by atoms with E-state index >= 15 is 0 Å². The van der Waals surface area contributed by atoms with Gasteiger partial charge in [-0.15, -0.1) is 0 Å². The Kier molecular flexibility index (Phi) is 2.03. The van der Waals surface area contributed by atoms with Gasteiger partial charge in [0.05, 0.1) is 0 Å². The number of hydrogen-bond donors (Lipinski definition) is 1. The first kappa shape index (κ1) is 5.76. The van der Waals surface area contributed by atoms with Crippen LogP contribution in [0.3, 0.4) is 0 Å². The van der Waals surface area contributed by atoms with Crippen LogP contribution in [0, 0.1) is 0 Å². The predicted molar refractivity (Wildman–Crippen MR) is 38.0 cm³/mol. The zero-order valence-electron chi connectivity index (χ0n) is 4.85. The van der Waals surface area contributed by atoms with Crippen molar-refractivity contribution >= 4 is 11.8 Å². The molecule has 0 aliphatic rings. The molecule has 1 aromatic heterocycles. The summed E-state index contributed by atoms with van der Waals surface area (Å²) in [7, 11) is 0. The second-order valence-electron chi connectivity index (χ2n) is 1.63. The molecule has 1 rings (SSSR count). The SMILES string of the molecule is CSCc1ccc[nH]1. The molecule has 2 heteroatoms. The van der Waals surface area contributed by atoms with Gasteiger partial charge >= 0.3 is 0 Å². The lowest BCUT2D eigenvalue weighted by atomic mass is 10.5. The van der Waals surface area contributed by atoms with Gasteiger partial charge in [-0.3, -0.25) is 0 Å². The maximum Gasteiger partial charge on any atom is 0.0333 e. The van der Waals surface area contributed by atoms with Crippen LogP contribution >= 0.6 is 11.8 Å². The second kappa shape index (κ2) is 2.82. The summed E-state index contributed by atoms with van der Waals surface area (Å²) in [6.07, 6.45) is 4.05. The molecule has 0 saturated carbocycles. The molecule has 0 aliphatic carbocycles.